The molecule has 1 atom stereocenters. The third-order valence-electron chi connectivity index (χ3n) is 3.66. The number of nitrogens with zero attached hydrogens (tertiary/aromatic N) is 3. The largest absolute Gasteiger partial charge is 0.514 e. The Morgan fingerprint density at radius 3 is 2.29 bits per heavy atom. The van der Waals surface area contributed by atoms with Gasteiger partial charge in [0.2, 0.25) is 0 Å². The lowest BCUT2D eigenvalue weighted by Gasteiger charge is -2.14. The standard InChI is InChI=1S/C17H13Cl2N3O5.C4H10/c1-10(8-21-9-20-15-6-13(18)14(19)7-16(15)21)26-17(23)27-12-4-2-11(3-5-12)22(24)25;1-4(2)3/h2-7,9-10H,8H2,1H3;4H,1-3H3. The minimum absolute atomic E-state index is 0.102. The monoisotopic (exact) mass is 467 g/mol. The van der Waals surface area contributed by atoms with E-state index < -0.39 is 17.2 Å². The van der Waals surface area contributed by atoms with E-state index in [9.17, 15) is 14.9 Å². The van der Waals surface area contributed by atoms with Crippen molar-refractivity contribution in [3.8, 4) is 5.75 Å². The molecule has 0 aliphatic carbocycles. The number of carbonyl (C=O) groups excluding carboxylic acids is 1. The summed E-state index contributed by atoms with van der Waals surface area (Å²) in [6.45, 7) is 8.52. The van der Waals surface area contributed by atoms with Crippen molar-refractivity contribution in [2.75, 3.05) is 0 Å². The van der Waals surface area contributed by atoms with Gasteiger partial charge in [0.15, 0.2) is 0 Å². The van der Waals surface area contributed by atoms with Gasteiger partial charge in [-0.2, -0.15) is 0 Å². The van der Waals surface area contributed by atoms with Crippen LogP contribution in [0.15, 0.2) is 42.7 Å². The first-order valence-electron chi connectivity index (χ1n) is 9.49. The number of carbonyl (C=O) groups is 1. The van der Waals surface area contributed by atoms with E-state index in [1.165, 1.54) is 24.3 Å². The first-order chi connectivity index (χ1) is 14.6. The average molecular weight is 468 g/mol. The van der Waals surface area contributed by atoms with Crippen LogP contribution in [0.1, 0.15) is 27.7 Å². The molecule has 0 radical (unpaired) electrons. The fraction of sp³-hybridized carbons (Fsp3) is 0.333. The van der Waals surface area contributed by atoms with Crippen molar-refractivity contribution in [1.29, 1.82) is 0 Å². The second-order valence-corrected chi connectivity index (χ2v) is 8.23. The van der Waals surface area contributed by atoms with Crippen LogP contribution < -0.4 is 4.74 Å². The van der Waals surface area contributed by atoms with Crippen LogP contribution in [0.5, 0.6) is 5.75 Å². The summed E-state index contributed by atoms with van der Waals surface area (Å²) in [7, 11) is 0. The lowest BCUT2D eigenvalue weighted by Crippen LogP contribution is -2.22. The van der Waals surface area contributed by atoms with Crippen molar-refractivity contribution in [1.82, 2.24) is 9.55 Å². The molecule has 3 rings (SSSR count). The zero-order chi connectivity index (χ0) is 23.1. The Morgan fingerprint density at radius 1 is 1.13 bits per heavy atom. The molecule has 1 aromatic heterocycles. The van der Waals surface area contributed by atoms with Crippen LogP contribution in [0.25, 0.3) is 11.0 Å². The molecule has 166 valence electrons. The Bertz CT molecular complexity index is 1050. The maximum absolute atomic E-state index is 11.9. The number of non-ortho nitro benzene ring substituents is 1. The molecular formula is C21H23Cl2N3O5. The van der Waals surface area contributed by atoms with Gasteiger partial charge in [-0.3, -0.25) is 10.1 Å². The number of fused-ring (bicyclic) bond motifs is 1. The predicted molar refractivity (Wildman–Crippen MR) is 120 cm³/mol. The van der Waals surface area contributed by atoms with E-state index in [-0.39, 0.29) is 11.4 Å². The molecule has 0 aliphatic heterocycles. The zero-order valence-electron chi connectivity index (χ0n) is 17.5. The summed E-state index contributed by atoms with van der Waals surface area (Å²) in [5.41, 5.74) is 1.32. The van der Waals surface area contributed by atoms with Crippen LogP contribution in [0.4, 0.5) is 10.5 Å². The number of nitro groups is 1. The van der Waals surface area contributed by atoms with Gasteiger partial charge in [-0.05, 0) is 37.1 Å². The van der Waals surface area contributed by atoms with Crippen molar-refractivity contribution >= 4 is 46.1 Å². The van der Waals surface area contributed by atoms with Gasteiger partial charge in [-0.1, -0.05) is 44.0 Å². The summed E-state index contributed by atoms with van der Waals surface area (Å²) >= 11 is 12.0. The van der Waals surface area contributed by atoms with Crippen LogP contribution in [-0.4, -0.2) is 26.7 Å². The molecule has 8 nitrogen and oxygen atoms in total. The smallest absolute Gasteiger partial charge is 0.429 e. The van der Waals surface area contributed by atoms with E-state index in [1.807, 2.05) is 0 Å². The summed E-state index contributed by atoms with van der Waals surface area (Å²) in [6, 6.07) is 8.45. The maximum atomic E-state index is 11.9. The van der Waals surface area contributed by atoms with Gasteiger partial charge in [-0.25, -0.2) is 9.78 Å². The quantitative estimate of drug-likeness (QED) is 0.183. The lowest BCUT2D eigenvalue weighted by atomic mass is 10.3. The number of ether oxygens (including phenoxy) is 2. The Labute approximate surface area is 189 Å². The number of halogens is 2. The molecule has 0 fully saturated rings. The summed E-state index contributed by atoms with van der Waals surface area (Å²) in [6.07, 6.45) is 0.156. The Hall–Kier alpha value is -2.84. The Kier molecular flexibility index (Phi) is 8.65. The van der Waals surface area contributed by atoms with Gasteiger partial charge in [-0.15, -0.1) is 0 Å². The third kappa shape index (κ3) is 7.41. The number of nitro benzene ring substituents is 1. The highest BCUT2D eigenvalue weighted by Gasteiger charge is 2.15. The normalized spacial score (nSPS) is 11.6. The van der Waals surface area contributed by atoms with E-state index in [0.717, 1.165) is 11.4 Å². The molecule has 0 saturated heterocycles. The van der Waals surface area contributed by atoms with E-state index in [0.29, 0.717) is 22.1 Å². The minimum atomic E-state index is -0.915. The molecule has 31 heavy (non-hydrogen) atoms. The van der Waals surface area contributed by atoms with E-state index in [1.54, 1.807) is 30.0 Å². The number of benzene rings is 2. The number of aromatic nitrogens is 2. The topological polar surface area (TPSA) is 96.5 Å². The molecule has 0 bridgehead atoms. The second-order valence-electron chi connectivity index (χ2n) is 7.42. The Balaban J connectivity index is 0.000000785. The van der Waals surface area contributed by atoms with Gasteiger partial charge < -0.3 is 14.0 Å². The predicted octanol–water partition coefficient (Wildman–Crippen LogP) is 6.52. The summed E-state index contributed by atoms with van der Waals surface area (Å²) in [5.74, 6) is 0.979. The molecular weight excluding hydrogens is 445 g/mol. The highest BCUT2D eigenvalue weighted by atomic mass is 35.5. The van der Waals surface area contributed by atoms with Crippen molar-refractivity contribution in [3.63, 3.8) is 0 Å². The van der Waals surface area contributed by atoms with Crippen LogP contribution in [0, 0.1) is 16.0 Å². The molecule has 0 saturated carbocycles. The molecule has 0 N–H and O–H groups in total. The molecule has 0 spiro atoms. The zero-order valence-corrected chi connectivity index (χ0v) is 19.1. The summed E-state index contributed by atoms with van der Waals surface area (Å²) in [4.78, 5) is 26.2. The van der Waals surface area contributed by atoms with Gasteiger partial charge in [0.05, 0.1) is 38.9 Å². The summed E-state index contributed by atoms with van der Waals surface area (Å²) in [5, 5.41) is 11.4. The van der Waals surface area contributed by atoms with Crippen LogP contribution in [-0.2, 0) is 11.3 Å². The van der Waals surface area contributed by atoms with Crippen LogP contribution >= 0.6 is 23.2 Å². The van der Waals surface area contributed by atoms with Crippen molar-refractivity contribution in [2.45, 2.75) is 40.3 Å². The highest BCUT2D eigenvalue weighted by molar-refractivity contribution is 6.42. The van der Waals surface area contributed by atoms with E-state index >= 15 is 0 Å². The number of hydrogen-bond donors (Lipinski definition) is 0. The fourth-order valence-corrected chi connectivity index (χ4v) is 2.75. The average Bonchev–Trinajstić information content (AvgIpc) is 3.03. The molecule has 0 amide bonds. The molecule has 0 aliphatic rings. The number of hydrogen-bond acceptors (Lipinski definition) is 6. The molecule has 1 heterocycles. The minimum Gasteiger partial charge on any atom is -0.429 e. The van der Waals surface area contributed by atoms with Gasteiger partial charge in [0.25, 0.3) is 5.69 Å². The molecule has 3 aromatic rings. The summed E-state index contributed by atoms with van der Waals surface area (Å²) < 4.78 is 12.0. The highest BCUT2D eigenvalue weighted by Crippen LogP contribution is 2.27. The van der Waals surface area contributed by atoms with Gasteiger partial charge >= 0.3 is 6.16 Å². The number of imidazole rings is 1. The lowest BCUT2D eigenvalue weighted by molar-refractivity contribution is -0.384. The van der Waals surface area contributed by atoms with Crippen LogP contribution in [0.2, 0.25) is 10.0 Å². The van der Waals surface area contributed by atoms with E-state index in [2.05, 4.69) is 25.8 Å². The molecule has 10 heteroatoms. The van der Waals surface area contributed by atoms with Gasteiger partial charge in [0.1, 0.15) is 11.9 Å². The van der Waals surface area contributed by atoms with Gasteiger partial charge in [0, 0.05) is 12.1 Å². The van der Waals surface area contributed by atoms with Crippen molar-refractivity contribution in [2.24, 2.45) is 5.92 Å². The van der Waals surface area contributed by atoms with Crippen LogP contribution in [0.3, 0.4) is 0 Å². The molecule has 2 aromatic carbocycles. The number of rotatable bonds is 5. The van der Waals surface area contributed by atoms with Crippen molar-refractivity contribution < 1.29 is 19.2 Å². The maximum Gasteiger partial charge on any atom is 0.514 e. The SMILES string of the molecule is CC(C)C.CC(Cn1cnc2cc(Cl)c(Cl)cc21)OC(=O)Oc1ccc([N+](=O)[O-])cc1. The second kappa shape index (κ2) is 11.0. The first-order valence-corrected chi connectivity index (χ1v) is 10.2. The molecule has 1 unspecified atom stereocenters. The van der Waals surface area contributed by atoms with Crippen molar-refractivity contribution in [3.05, 3.63) is 62.9 Å². The fourth-order valence-electron chi connectivity index (χ4n) is 2.43. The Morgan fingerprint density at radius 2 is 1.71 bits per heavy atom. The van der Waals surface area contributed by atoms with E-state index in [4.69, 9.17) is 32.7 Å². The third-order valence-corrected chi connectivity index (χ3v) is 4.39. The first kappa shape index (κ1) is 24.4.